The maximum absolute atomic E-state index is 13.6. The Bertz CT molecular complexity index is 340. The lowest BCUT2D eigenvalue weighted by Gasteiger charge is -2.25. The lowest BCUT2D eigenvalue weighted by atomic mass is 10.0. The molecule has 0 aliphatic carbocycles. The Morgan fingerprint density at radius 1 is 1.31 bits per heavy atom. The van der Waals surface area contributed by atoms with E-state index in [0.717, 1.165) is 18.9 Å². The van der Waals surface area contributed by atoms with Gasteiger partial charge in [-0.25, -0.2) is 8.78 Å². The minimum absolute atomic E-state index is 0.126. The first-order valence-corrected chi connectivity index (χ1v) is 5.37. The van der Waals surface area contributed by atoms with Crippen LogP contribution in [0.25, 0.3) is 0 Å². The van der Waals surface area contributed by atoms with Gasteiger partial charge < -0.3 is 10.6 Å². The lowest BCUT2D eigenvalue weighted by molar-refractivity contribution is 0.272. The smallest absolute Gasteiger partial charge is 0.128 e. The van der Waals surface area contributed by atoms with Crippen LogP contribution in [-0.2, 0) is 0 Å². The normalized spacial score (nSPS) is 13.1. The van der Waals surface area contributed by atoms with Gasteiger partial charge in [0.1, 0.15) is 11.6 Å². The molecule has 0 radical (unpaired) electrons. The second-order valence-corrected chi connectivity index (χ2v) is 4.08. The fourth-order valence-electron chi connectivity index (χ4n) is 1.77. The van der Waals surface area contributed by atoms with Crippen LogP contribution in [0, 0.1) is 11.6 Å². The molecule has 1 atom stereocenters. The van der Waals surface area contributed by atoms with Crippen molar-refractivity contribution in [3.8, 4) is 0 Å². The number of nitrogens with two attached hydrogens (primary N) is 1. The van der Waals surface area contributed by atoms with Crippen LogP contribution in [0.3, 0.4) is 0 Å². The number of hydrogen-bond acceptors (Lipinski definition) is 2. The van der Waals surface area contributed by atoms with E-state index in [1.807, 2.05) is 19.0 Å². The third kappa shape index (κ3) is 3.25. The van der Waals surface area contributed by atoms with Crippen molar-refractivity contribution in [3.63, 3.8) is 0 Å². The van der Waals surface area contributed by atoms with Crippen LogP contribution in [-0.4, -0.2) is 25.5 Å². The van der Waals surface area contributed by atoms with Gasteiger partial charge in [-0.05, 0) is 51.7 Å². The summed E-state index contributed by atoms with van der Waals surface area (Å²) in [6.07, 6.45) is 1.52. The molecule has 0 bridgehead atoms. The molecule has 0 saturated carbocycles. The number of hydrogen-bond donors (Lipinski definition) is 1. The molecule has 2 nitrogen and oxygen atoms in total. The van der Waals surface area contributed by atoms with Gasteiger partial charge in [-0.2, -0.15) is 0 Å². The van der Waals surface area contributed by atoms with E-state index in [2.05, 4.69) is 0 Å². The molecule has 4 heteroatoms. The van der Waals surface area contributed by atoms with E-state index in [9.17, 15) is 8.78 Å². The SMILES string of the molecule is CN(C)C(CCCN)c1cc(F)ccc1F. The van der Waals surface area contributed by atoms with Crippen molar-refractivity contribution in [2.24, 2.45) is 5.73 Å². The van der Waals surface area contributed by atoms with Crippen molar-refractivity contribution in [1.29, 1.82) is 0 Å². The molecule has 1 aromatic rings. The molecule has 0 fully saturated rings. The first kappa shape index (κ1) is 13.1. The van der Waals surface area contributed by atoms with E-state index >= 15 is 0 Å². The van der Waals surface area contributed by atoms with Crippen molar-refractivity contribution in [3.05, 3.63) is 35.4 Å². The third-order valence-corrected chi connectivity index (χ3v) is 2.62. The number of nitrogens with zero attached hydrogens (tertiary/aromatic N) is 1. The van der Waals surface area contributed by atoms with E-state index in [-0.39, 0.29) is 11.9 Å². The highest BCUT2D eigenvalue weighted by Crippen LogP contribution is 2.26. The zero-order valence-corrected chi connectivity index (χ0v) is 9.71. The fraction of sp³-hybridized carbons (Fsp3) is 0.500. The molecule has 16 heavy (non-hydrogen) atoms. The van der Waals surface area contributed by atoms with Crippen LogP contribution >= 0.6 is 0 Å². The second kappa shape index (κ2) is 5.92. The van der Waals surface area contributed by atoms with Crippen LogP contribution in [0.15, 0.2) is 18.2 Å². The summed E-state index contributed by atoms with van der Waals surface area (Å²) in [6.45, 7) is 0.557. The van der Waals surface area contributed by atoms with Gasteiger partial charge in [-0.1, -0.05) is 0 Å². The summed E-state index contributed by atoms with van der Waals surface area (Å²) in [6, 6.07) is 3.44. The quantitative estimate of drug-likeness (QED) is 0.838. The zero-order valence-electron chi connectivity index (χ0n) is 9.71. The van der Waals surface area contributed by atoms with Gasteiger partial charge >= 0.3 is 0 Å². The maximum atomic E-state index is 13.6. The Morgan fingerprint density at radius 3 is 2.56 bits per heavy atom. The molecule has 1 aromatic carbocycles. The number of rotatable bonds is 5. The van der Waals surface area contributed by atoms with Gasteiger partial charge in [0.2, 0.25) is 0 Å². The van der Waals surface area contributed by atoms with Gasteiger partial charge in [-0.3, -0.25) is 0 Å². The number of benzene rings is 1. The van der Waals surface area contributed by atoms with E-state index < -0.39 is 5.82 Å². The summed E-state index contributed by atoms with van der Waals surface area (Å²) in [5.74, 6) is -0.770. The lowest BCUT2D eigenvalue weighted by Crippen LogP contribution is -2.22. The Labute approximate surface area is 95.1 Å². The van der Waals surface area contributed by atoms with Crippen LogP contribution in [0.4, 0.5) is 8.78 Å². The zero-order chi connectivity index (χ0) is 12.1. The first-order chi connectivity index (χ1) is 7.56. The highest BCUT2D eigenvalue weighted by Gasteiger charge is 2.18. The molecule has 0 aliphatic rings. The minimum atomic E-state index is -0.406. The standard InChI is InChI=1S/C12H18F2N2/c1-16(2)12(4-3-7-15)10-8-9(13)5-6-11(10)14/h5-6,8,12H,3-4,7,15H2,1-2H3. The summed E-state index contributed by atoms with van der Waals surface area (Å²) < 4.78 is 26.7. The predicted octanol–water partition coefficient (Wildman–Crippen LogP) is 2.31. The Morgan fingerprint density at radius 2 is 2.00 bits per heavy atom. The second-order valence-electron chi connectivity index (χ2n) is 4.08. The summed E-state index contributed by atoms with van der Waals surface area (Å²) in [7, 11) is 3.71. The van der Waals surface area contributed by atoms with E-state index in [0.29, 0.717) is 12.1 Å². The molecule has 0 aromatic heterocycles. The van der Waals surface area contributed by atoms with Crippen LogP contribution in [0.5, 0.6) is 0 Å². The molecular formula is C12H18F2N2. The highest BCUT2D eigenvalue weighted by molar-refractivity contribution is 5.22. The monoisotopic (exact) mass is 228 g/mol. The minimum Gasteiger partial charge on any atom is -0.330 e. The molecular weight excluding hydrogens is 210 g/mol. The molecule has 0 spiro atoms. The van der Waals surface area contributed by atoms with Crippen molar-refractivity contribution >= 4 is 0 Å². The fourth-order valence-corrected chi connectivity index (χ4v) is 1.77. The van der Waals surface area contributed by atoms with Gasteiger partial charge in [-0.15, -0.1) is 0 Å². The summed E-state index contributed by atoms with van der Waals surface area (Å²) in [5, 5.41) is 0. The molecule has 1 rings (SSSR count). The van der Waals surface area contributed by atoms with Crippen molar-refractivity contribution in [2.45, 2.75) is 18.9 Å². The summed E-state index contributed by atoms with van der Waals surface area (Å²) in [5.41, 5.74) is 5.84. The third-order valence-electron chi connectivity index (χ3n) is 2.62. The molecule has 0 aliphatic heterocycles. The molecule has 1 unspecified atom stereocenters. The molecule has 0 heterocycles. The van der Waals surface area contributed by atoms with E-state index in [1.54, 1.807) is 0 Å². The van der Waals surface area contributed by atoms with Crippen molar-refractivity contribution in [1.82, 2.24) is 4.90 Å². The highest BCUT2D eigenvalue weighted by atomic mass is 19.1. The summed E-state index contributed by atoms with van der Waals surface area (Å²) >= 11 is 0. The van der Waals surface area contributed by atoms with Crippen molar-refractivity contribution in [2.75, 3.05) is 20.6 Å². The maximum Gasteiger partial charge on any atom is 0.128 e. The predicted molar refractivity (Wildman–Crippen MR) is 61.1 cm³/mol. The Kier molecular flexibility index (Phi) is 4.83. The van der Waals surface area contributed by atoms with Crippen molar-refractivity contribution < 1.29 is 8.78 Å². The van der Waals surface area contributed by atoms with Crippen LogP contribution in [0.2, 0.25) is 0 Å². The Hall–Kier alpha value is -1.00. The van der Waals surface area contributed by atoms with E-state index in [4.69, 9.17) is 5.73 Å². The topological polar surface area (TPSA) is 29.3 Å². The van der Waals surface area contributed by atoms with Gasteiger partial charge in [0.05, 0.1) is 0 Å². The molecule has 0 amide bonds. The molecule has 90 valence electrons. The Balaban J connectivity index is 2.95. The average Bonchev–Trinajstić information content (AvgIpc) is 2.23. The summed E-state index contributed by atoms with van der Waals surface area (Å²) in [4.78, 5) is 1.88. The van der Waals surface area contributed by atoms with Gasteiger partial charge in [0.25, 0.3) is 0 Å². The van der Waals surface area contributed by atoms with Gasteiger partial charge in [0.15, 0.2) is 0 Å². The van der Waals surface area contributed by atoms with E-state index in [1.165, 1.54) is 12.1 Å². The largest absolute Gasteiger partial charge is 0.330 e. The van der Waals surface area contributed by atoms with Crippen LogP contribution in [0.1, 0.15) is 24.4 Å². The van der Waals surface area contributed by atoms with Gasteiger partial charge in [0, 0.05) is 11.6 Å². The molecule has 2 N–H and O–H groups in total. The van der Waals surface area contributed by atoms with Crippen LogP contribution < -0.4 is 5.73 Å². The number of halogens is 2. The first-order valence-electron chi connectivity index (χ1n) is 5.37. The molecule has 0 saturated heterocycles. The average molecular weight is 228 g/mol.